The van der Waals surface area contributed by atoms with Crippen LogP contribution in [0.15, 0.2) is 11.6 Å². The Bertz CT molecular complexity index is 68.2. The fraction of sp³-hybridized carbons (Fsp3) is 0.667. The molecule has 1 atom stereocenters. The molecule has 0 spiro atoms. The third-order valence-corrected chi connectivity index (χ3v) is 0.596. The van der Waals surface area contributed by atoms with Gasteiger partial charge in [-0.25, -0.2) is 0 Å². The summed E-state index contributed by atoms with van der Waals surface area (Å²) in [6.45, 7) is 6.06. The first-order chi connectivity index (χ1) is 3.13. The maximum absolute atomic E-state index is 5.42. The van der Waals surface area contributed by atoms with Crippen molar-refractivity contribution in [2.24, 2.45) is 5.73 Å². The van der Waals surface area contributed by atoms with Gasteiger partial charge in [-0.2, -0.15) is 0 Å². The van der Waals surface area contributed by atoms with E-state index in [2.05, 4.69) is 0 Å². The van der Waals surface area contributed by atoms with Gasteiger partial charge < -0.3 is 5.73 Å². The minimum Gasteiger partial charge on any atom is -0.325 e. The van der Waals surface area contributed by atoms with Crippen LogP contribution in [-0.4, -0.2) is 6.04 Å². The van der Waals surface area contributed by atoms with Crippen molar-refractivity contribution in [3.05, 3.63) is 11.6 Å². The summed E-state index contributed by atoms with van der Waals surface area (Å²) in [7, 11) is 0. The smallest absolute Gasteiger partial charge is 0.0197 e. The van der Waals surface area contributed by atoms with E-state index in [4.69, 9.17) is 5.73 Å². The summed E-state index contributed by atoms with van der Waals surface area (Å²) in [5.41, 5.74) is 6.70. The van der Waals surface area contributed by atoms with Gasteiger partial charge in [0.15, 0.2) is 0 Å². The minimum atomic E-state index is 0.213. The molecule has 0 aromatic heterocycles. The number of hydrogen-bond acceptors (Lipinski definition) is 1. The van der Waals surface area contributed by atoms with Crippen molar-refractivity contribution in [1.29, 1.82) is 0 Å². The highest BCUT2D eigenvalue weighted by Crippen LogP contribution is 1.88. The lowest BCUT2D eigenvalue weighted by Crippen LogP contribution is -2.10. The van der Waals surface area contributed by atoms with Crippen molar-refractivity contribution in [2.45, 2.75) is 26.8 Å². The quantitative estimate of drug-likeness (QED) is 0.493. The van der Waals surface area contributed by atoms with E-state index in [9.17, 15) is 0 Å². The third kappa shape index (κ3) is 5.70. The van der Waals surface area contributed by atoms with Crippen molar-refractivity contribution in [3.63, 3.8) is 0 Å². The molecule has 2 N–H and O–H groups in total. The Morgan fingerprint density at radius 3 is 2.00 bits per heavy atom. The van der Waals surface area contributed by atoms with Crippen LogP contribution in [-0.2, 0) is 0 Å². The van der Waals surface area contributed by atoms with E-state index in [0.717, 1.165) is 0 Å². The topological polar surface area (TPSA) is 26.0 Å². The molecule has 0 aromatic carbocycles. The van der Waals surface area contributed by atoms with Crippen molar-refractivity contribution in [2.75, 3.05) is 0 Å². The van der Waals surface area contributed by atoms with Gasteiger partial charge >= 0.3 is 0 Å². The van der Waals surface area contributed by atoms with Crippen LogP contribution < -0.4 is 5.73 Å². The first kappa shape index (κ1) is 6.70. The molecule has 0 saturated carbocycles. The van der Waals surface area contributed by atoms with Crippen LogP contribution in [0.3, 0.4) is 0 Å². The molecule has 42 valence electrons. The van der Waals surface area contributed by atoms with Crippen molar-refractivity contribution >= 4 is 0 Å². The molecule has 0 rings (SSSR count). The monoisotopic (exact) mass is 99.1 g/mol. The van der Waals surface area contributed by atoms with E-state index in [1.165, 1.54) is 5.57 Å². The summed E-state index contributed by atoms with van der Waals surface area (Å²) >= 11 is 0. The van der Waals surface area contributed by atoms with E-state index >= 15 is 0 Å². The molecule has 0 heterocycles. The number of allylic oxidation sites excluding steroid dienone is 1. The Balaban J connectivity index is 3.45. The molecule has 0 amide bonds. The molecule has 0 aliphatic carbocycles. The standard InChI is InChI=1S/C6H13N/c1-5(2)4-6(3)7/h4,6H,7H2,1-3H3/t6-/m0/s1. The van der Waals surface area contributed by atoms with Gasteiger partial charge in [-0.3, -0.25) is 0 Å². The normalized spacial score (nSPS) is 13.1. The zero-order chi connectivity index (χ0) is 5.86. The summed E-state index contributed by atoms with van der Waals surface area (Å²) in [4.78, 5) is 0. The Morgan fingerprint density at radius 1 is 1.57 bits per heavy atom. The lowest BCUT2D eigenvalue weighted by molar-refractivity contribution is 0.914. The maximum Gasteiger partial charge on any atom is 0.0197 e. The van der Waals surface area contributed by atoms with E-state index < -0.39 is 0 Å². The second-order valence-corrected chi connectivity index (χ2v) is 2.10. The summed E-state index contributed by atoms with van der Waals surface area (Å²) in [6.07, 6.45) is 2.03. The Kier molecular flexibility index (Phi) is 2.68. The van der Waals surface area contributed by atoms with Crippen LogP contribution in [0.1, 0.15) is 20.8 Å². The van der Waals surface area contributed by atoms with Gasteiger partial charge in [0.25, 0.3) is 0 Å². The Labute approximate surface area is 45.2 Å². The third-order valence-electron chi connectivity index (χ3n) is 0.596. The molecule has 0 radical (unpaired) electrons. The largest absolute Gasteiger partial charge is 0.325 e. The summed E-state index contributed by atoms with van der Waals surface area (Å²) in [6, 6.07) is 0.213. The molecule has 7 heavy (non-hydrogen) atoms. The molecule has 1 nitrogen and oxygen atoms in total. The highest BCUT2D eigenvalue weighted by molar-refractivity contribution is 4.97. The fourth-order valence-electron chi connectivity index (χ4n) is 0.526. The van der Waals surface area contributed by atoms with Gasteiger partial charge in [0.1, 0.15) is 0 Å². The van der Waals surface area contributed by atoms with Crippen LogP contribution in [0.25, 0.3) is 0 Å². The molecule has 0 unspecified atom stereocenters. The highest BCUT2D eigenvalue weighted by Gasteiger charge is 1.82. The molecule has 0 aliphatic heterocycles. The first-order valence-corrected chi connectivity index (χ1v) is 2.53. The predicted octanol–water partition coefficient (Wildman–Crippen LogP) is 1.30. The van der Waals surface area contributed by atoms with E-state index in [-0.39, 0.29) is 6.04 Å². The van der Waals surface area contributed by atoms with E-state index in [1.807, 2.05) is 26.8 Å². The molecule has 0 fully saturated rings. The number of hydrogen-bond donors (Lipinski definition) is 1. The van der Waals surface area contributed by atoms with Crippen LogP contribution >= 0.6 is 0 Å². The first-order valence-electron chi connectivity index (χ1n) is 2.53. The van der Waals surface area contributed by atoms with Gasteiger partial charge in [-0.05, 0) is 20.8 Å². The lowest BCUT2D eigenvalue weighted by Gasteiger charge is -1.93. The van der Waals surface area contributed by atoms with E-state index in [1.54, 1.807) is 0 Å². The lowest BCUT2D eigenvalue weighted by atomic mass is 10.2. The molecule has 0 aliphatic rings. The van der Waals surface area contributed by atoms with Crippen molar-refractivity contribution in [1.82, 2.24) is 0 Å². The molecule has 0 aromatic rings. The van der Waals surface area contributed by atoms with Crippen LogP contribution in [0, 0.1) is 0 Å². The zero-order valence-electron chi connectivity index (χ0n) is 5.23. The second-order valence-electron chi connectivity index (χ2n) is 2.10. The SMILES string of the molecule is CC(C)=C[C@H](C)N. The number of nitrogens with two attached hydrogens (primary N) is 1. The second kappa shape index (κ2) is 2.80. The van der Waals surface area contributed by atoms with Gasteiger partial charge in [0, 0.05) is 6.04 Å². The van der Waals surface area contributed by atoms with Crippen LogP contribution in [0.4, 0.5) is 0 Å². The van der Waals surface area contributed by atoms with Gasteiger partial charge in [-0.15, -0.1) is 0 Å². The average molecular weight is 99.2 g/mol. The van der Waals surface area contributed by atoms with Crippen LogP contribution in [0.2, 0.25) is 0 Å². The number of rotatable bonds is 1. The van der Waals surface area contributed by atoms with Gasteiger partial charge in [-0.1, -0.05) is 11.6 Å². The maximum atomic E-state index is 5.42. The zero-order valence-corrected chi connectivity index (χ0v) is 5.23. The van der Waals surface area contributed by atoms with Gasteiger partial charge in [0.2, 0.25) is 0 Å². The molecular weight excluding hydrogens is 86.1 g/mol. The molecular formula is C6H13N. The fourth-order valence-corrected chi connectivity index (χ4v) is 0.526. The molecule has 0 saturated heterocycles. The Morgan fingerprint density at radius 2 is 2.00 bits per heavy atom. The predicted molar refractivity (Wildman–Crippen MR) is 33.1 cm³/mol. The summed E-state index contributed by atoms with van der Waals surface area (Å²) in [5.74, 6) is 0. The average Bonchev–Trinajstić information content (AvgIpc) is 1.27. The van der Waals surface area contributed by atoms with Crippen LogP contribution in [0.5, 0.6) is 0 Å². The Hall–Kier alpha value is -0.300. The molecule has 0 bridgehead atoms. The highest BCUT2D eigenvalue weighted by atomic mass is 14.6. The van der Waals surface area contributed by atoms with Crippen molar-refractivity contribution in [3.8, 4) is 0 Å². The van der Waals surface area contributed by atoms with Gasteiger partial charge in [0.05, 0.1) is 0 Å². The van der Waals surface area contributed by atoms with Crippen molar-refractivity contribution < 1.29 is 0 Å². The van der Waals surface area contributed by atoms with E-state index in [0.29, 0.717) is 0 Å². The summed E-state index contributed by atoms with van der Waals surface area (Å²) < 4.78 is 0. The molecule has 1 heteroatoms. The minimum absolute atomic E-state index is 0.213. The summed E-state index contributed by atoms with van der Waals surface area (Å²) in [5, 5.41) is 0.